The van der Waals surface area contributed by atoms with Gasteiger partial charge in [-0.1, -0.05) is 48.0 Å². The third kappa shape index (κ3) is 4.16. The molecule has 1 N–H and O–H groups in total. The molecule has 126 valence electrons. The molecule has 0 aliphatic rings. The van der Waals surface area contributed by atoms with Crippen molar-refractivity contribution in [2.45, 2.75) is 25.1 Å². The Morgan fingerprint density at radius 1 is 1.08 bits per heavy atom. The number of benzene rings is 2. The lowest BCUT2D eigenvalue weighted by molar-refractivity contribution is 0.559. The van der Waals surface area contributed by atoms with Gasteiger partial charge in [0.25, 0.3) is 0 Å². The number of halogens is 1. The van der Waals surface area contributed by atoms with Crippen molar-refractivity contribution in [2.24, 2.45) is 0 Å². The SMILES string of the molecule is CC(Cc1csc2ccccc12)NS(=O)(=O)Cc1ccccc1Cl. The van der Waals surface area contributed by atoms with Crippen LogP contribution >= 0.6 is 22.9 Å². The fourth-order valence-electron chi connectivity index (χ4n) is 2.73. The molecular weight excluding hydrogens is 362 g/mol. The Balaban J connectivity index is 1.69. The summed E-state index contributed by atoms with van der Waals surface area (Å²) in [5.74, 6) is -0.110. The maximum absolute atomic E-state index is 12.4. The molecule has 0 spiro atoms. The average molecular weight is 380 g/mol. The second kappa shape index (κ2) is 7.23. The third-order valence-corrected chi connectivity index (χ3v) is 6.60. The first-order valence-electron chi connectivity index (χ1n) is 7.63. The first kappa shape index (κ1) is 17.4. The molecule has 2 aromatic carbocycles. The van der Waals surface area contributed by atoms with Gasteiger partial charge < -0.3 is 0 Å². The van der Waals surface area contributed by atoms with Crippen LogP contribution in [-0.4, -0.2) is 14.5 Å². The molecule has 3 aromatic rings. The van der Waals surface area contributed by atoms with Gasteiger partial charge in [0.15, 0.2) is 0 Å². The van der Waals surface area contributed by atoms with Crippen LogP contribution in [0.2, 0.25) is 5.02 Å². The average Bonchev–Trinajstić information content (AvgIpc) is 2.92. The zero-order valence-corrected chi connectivity index (χ0v) is 15.6. The molecule has 0 saturated heterocycles. The van der Waals surface area contributed by atoms with Crippen molar-refractivity contribution >= 4 is 43.0 Å². The van der Waals surface area contributed by atoms with E-state index in [-0.39, 0.29) is 11.8 Å². The van der Waals surface area contributed by atoms with E-state index in [2.05, 4.69) is 22.2 Å². The number of thiophene rings is 1. The highest BCUT2D eigenvalue weighted by Gasteiger charge is 2.18. The molecular formula is C18H18ClNO2S2. The summed E-state index contributed by atoms with van der Waals surface area (Å²) < 4.78 is 28.7. The highest BCUT2D eigenvalue weighted by atomic mass is 35.5. The predicted octanol–water partition coefficient (Wildman–Crippen LogP) is 4.61. The van der Waals surface area contributed by atoms with Crippen molar-refractivity contribution in [2.75, 3.05) is 0 Å². The Kier molecular flexibility index (Phi) is 5.25. The number of sulfonamides is 1. The van der Waals surface area contributed by atoms with E-state index in [9.17, 15) is 8.42 Å². The van der Waals surface area contributed by atoms with Crippen molar-refractivity contribution in [3.63, 3.8) is 0 Å². The van der Waals surface area contributed by atoms with E-state index in [4.69, 9.17) is 11.6 Å². The summed E-state index contributed by atoms with van der Waals surface area (Å²) in [6, 6.07) is 15.0. The normalized spacial score (nSPS) is 13.2. The topological polar surface area (TPSA) is 46.2 Å². The molecule has 0 amide bonds. The number of rotatable bonds is 6. The maximum atomic E-state index is 12.4. The molecule has 1 unspecified atom stereocenters. The minimum atomic E-state index is -3.44. The van der Waals surface area contributed by atoms with Gasteiger partial charge in [-0.05, 0) is 47.4 Å². The van der Waals surface area contributed by atoms with Gasteiger partial charge in [0, 0.05) is 15.8 Å². The van der Waals surface area contributed by atoms with Gasteiger partial charge >= 0.3 is 0 Å². The standard InChI is InChI=1S/C18H18ClNO2S2/c1-13(10-15-11-23-18-9-5-3-7-16(15)18)20-24(21,22)12-14-6-2-4-8-17(14)19/h2-9,11,13,20H,10,12H2,1H3. The molecule has 0 aliphatic carbocycles. The number of fused-ring (bicyclic) bond motifs is 1. The molecule has 6 heteroatoms. The smallest absolute Gasteiger partial charge is 0.212 e. The minimum Gasteiger partial charge on any atom is -0.212 e. The zero-order chi connectivity index (χ0) is 17.2. The van der Waals surface area contributed by atoms with Crippen LogP contribution in [0.25, 0.3) is 10.1 Å². The van der Waals surface area contributed by atoms with E-state index in [0.717, 1.165) is 0 Å². The van der Waals surface area contributed by atoms with Crippen molar-refractivity contribution in [3.8, 4) is 0 Å². The van der Waals surface area contributed by atoms with E-state index in [1.54, 1.807) is 35.6 Å². The van der Waals surface area contributed by atoms with Crippen molar-refractivity contribution < 1.29 is 8.42 Å². The molecule has 1 aromatic heterocycles. The molecule has 0 saturated carbocycles. The van der Waals surface area contributed by atoms with Crippen molar-refractivity contribution in [1.82, 2.24) is 4.72 Å². The summed E-state index contributed by atoms with van der Waals surface area (Å²) >= 11 is 7.74. The summed E-state index contributed by atoms with van der Waals surface area (Å²) in [5.41, 5.74) is 1.78. The van der Waals surface area contributed by atoms with E-state index in [1.165, 1.54) is 15.6 Å². The summed E-state index contributed by atoms with van der Waals surface area (Å²) in [5, 5.41) is 3.77. The maximum Gasteiger partial charge on any atom is 0.216 e. The highest BCUT2D eigenvalue weighted by molar-refractivity contribution is 7.88. The molecule has 1 heterocycles. The Bertz CT molecular complexity index is 950. The van der Waals surface area contributed by atoms with Crippen LogP contribution < -0.4 is 4.72 Å². The largest absolute Gasteiger partial charge is 0.216 e. The van der Waals surface area contributed by atoms with Crippen LogP contribution in [-0.2, 0) is 22.2 Å². The molecule has 0 radical (unpaired) electrons. The first-order chi connectivity index (χ1) is 11.4. The molecule has 1 atom stereocenters. The zero-order valence-electron chi connectivity index (χ0n) is 13.2. The highest BCUT2D eigenvalue weighted by Crippen LogP contribution is 2.26. The predicted molar refractivity (Wildman–Crippen MR) is 102 cm³/mol. The lowest BCUT2D eigenvalue weighted by atomic mass is 10.1. The minimum absolute atomic E-state index is 0.110. The Hall–Kier alpha value is -1.40. The summed E-state index contributed by atoms with van der Waals surface area (Å²) in [7, 11) is -3.44. The lowest BCUT2D eigenvalue weighted by Crippen LogP contribution is -2.35. The monoisotopic (exact) mass is 379 g/mol. The van der Waals surface area contributed by atoms with Crippen LogP contribution in [0.5, 0.6) is 0 Å². The summed E-state index contributed by atoms with van der Waals surface area (Å²) in [4.78, 5) is 0. The van der Waals surface area contributed by atoms with Crippen LogP contribution in [0, 0.1) is 0 Å². The fourth-order valence-corrected chi connectivity index (χ4v) is 5.43. The van der Waals surface area contributed by atoms with Gasteiger partial charge in [0.1, 0.15) is 0 Å². The second-order valence-corrected chi connectivity index (χ2v) is 8.90. The molecule has 0 bridgehead atoms. The third-order valence-electron chi connectivity index (χ3n) is 3.77. The van der Waals surface area contributed by atoms with E-state index in [1.807, 2.05) is 19.1 Å². The van der Waals surface area contributed by atoms with Crippen LogP contribution in [0.3, 0.4) is 0 Å². The Labute approximate surface area is 151 Å². The first-order valence-corrected chi connectivity index (χ1v) is 10.5. The number of nitrogens with one attached hydrogen (secondary N) is 1. The number of hydrogen-bond donors (Lipinski definition) is 1. The van der Waals surface area contributed by atoms with Crippen LogP contribution in [0.1, 0.15) is 18.1 Å². The Morgan fingerprint density at radius 3 is 2.58 bits per heavy atom. The van der Waals surface area contributed by atoms with Crippen LogP contribution in [0.15, 0.2) is 53.9 Å². The van der Waals surface area contributed by atoms with Gasteiger partial charge in [-0.25, -0.2) is 13.1 Å². The van der Waals surface area contributed by atoms with Gasteiger partial charge in [-0.2, -0.15) is 0 Å². The Morgan fingerprint density at radius 2 is 1.79 bits per heavy atom. The van der Waals surface area contributed by atoms with Gasteiger partial charge in [0.05, 0.1) is 5.75 Å². The molecule has 0 fully saturated rings. The van der Waals surface area contributed by atoms with Gasteiger partial charge in [-0.3, -0.25) is 0 Å². The molecule has 3 rings (SSSR count). The summed E-state index contributed by atoms with van der Waals surface area (Å²) in [6.07, 6.45) is 0.658. The van der Waals surface area contributed by atoms with Crippen molar-refractivity contribution in [1.29, 1.82) is 0 Å². The van der Waals surface area contributed by atoms with Gasteiger partial charge in [-0.15, -0.1) is 11.3 Å². The second-order valence-electron chi connectivity index (χ2n) is 5.83. The quantitative estimate of drug-likeness (QED) is 0.680. The van der Waals surface area contributed by atoms with E-state index >= 15 is 0 Å². The van der Waals surface area contributed by atoms with Gasteiger partial charge in [0.2, 0.25) is 10.0 Å². The summed E-state index contributed by atoms with van der Waals surface area (Å²) in [6.45, 7) is 1.89. The van der Waals surface area contributed by atoms with E-state index in [0.29, 0.717) is 17.0 Å². The molecule has 3 nitrogen and oxygen atoms in total. The van der Waals surface area contributed by atoms with E-state index < -0.39 is 10.0 Å². The van der Waals surface area contributed by atoms with Crippen molar-refractivity contribution in [3.05, 3.63) is 70.1 Å². The number of hydrogen-bond acceptors (Lipinski definition) is 3. The molecule has 24 heavy (non-hydrogen) atoms. The molecule has 0 aliphatic heterocycles. The lowest BCUT2D eigenvalue weighted by Gasteiger charge is -2.14. The fraction of sp³-hybridized carbons (Fsp3) is 0.222. The van der Waals surface area contributed by atoms with Crippen LogP contribution in [0.4, 0.5) is 0 Å².